The van der Waals surface area contributed by atoms with Crippen LogP contribution in [0.1, 0.15) is 32.3 Å². The minimum Gasteiger partial charge on any atom is -0.486 e. The van der Waals surface area contributed by atoms with Gasteiger partial charge in [-0.1, -0.05) is 44.2 Å². The average Bonchev–Trinajstić information content (AvgIpc) is 3.35. The minimum atomic E-state index is -1.42. The van der Waals surface area contributed by atoms with E-state index in [4.69, 9.17) is 9.47 Å². The molecule has 0 saturated carbocycles. The van der Waals surface area contributed by atoms with Gasteiger partial charge in [0.15, 0.2) is 22.8 Å². The standard InChI is InChI=1S/C24H24N4O5S/c1-3-20(29)25-23-26-28(21(30)4-2)24(34-23)16-9-5-6-10-17(16)27(22(24)31)13-15-14-32-18-11-7-8-12-19(18)33-15/h5-12,15H,3-4,13-14H2,1-2H3,(H,25,26,29)/t15-,24+/m1/s1. The number of benzene rings is 2. The van der Waals surface area contributed by atoms with E-state index in [-0.39, 0.29) is 48.9 Å². The molecule has 0 fully saturated rings. The van der Waals surface area contributed by atoms with Crippen LogP contribution in [0.15, 0.2) is 53.6 Å². The summed E-state index contributed by atoms with van der Waals surface area (Å²) in [6.45, 7) is 3.96. The molecule has 1 N–H and O–H groups in total. The molecule has 0 radical (unpaired) electrons. The van der Waals surface area contributed by atoms with Crippen molar-refractivity contribution in [3.63, 3.8) is 0 Å². The Hall–Kier alpha value is -3.53. The number of hydrogen-bond donors (Lipinski definition) is 1. The molecule has 2 atom stereocenters. The van der Waals surface area contributed by atoms with E-state index in [0.29, 0.717) is 22.7 Å². The number of carbonyl (C=O) groups is 3. The molecule has 2 aromatic rings. The van der Waals surface area contributed by atoms with Gasteiger partial charge in [0.25, 0.3) is 5.91 Å². The van der Waals surface area contributed by atoms with Crippen LogP contribution in [-0.2, 0) is 19.3 Å². The molecule has 3 amide bonds. The molecule has 0 unspecified atom stereocenters. The maximum Gasteiger partial charge on any atom is 0.270 e. The van der Waals surface area contributed by atoms with Crippen molar-refractivity contribution in [2.24, 2.45) is 5.10 Å². The van der Waals surface area contributed by atoms with Crippen molar-refractivity contribution >= 4 is 40.3 Å². The number of thioether (sulfide) groups is 1. The Kier molecular flexibility index (Phi) is 5.68. The summed E-state index contributed by atoms with van der Waals surface area (Å²) in [4.78, 5) is 39.2. The first-order valence-corrected chi connectivity index (χ1v) is 12.0. The molecule has 176 valence electrons. The van der Waals surface area contributed by atoms with E-state index in [0.717, 1.165) is 11.8 Å². The van der Waals surface area contributed by atoms with Gasteiger partial charge in [0.1, 0.15) is 6.61 Å². The topological polar surface area (TPSA) is 101 Å². The summed E-state index contributed by atoms with van der Waals surface area (Å²) in [5.74, 6) is 0.421. The first-order valence-electron chi connectivity index (χ1n) is 11.2. The molecule has 0 aliphatic carbocycles. The molecule has 0 saturated heterocycles. The quantitative estimate of drug-likeness (QED) is 0.722. The van der Waals surface area contributed by atoms with Crippen LogP contribution in [0.25, 0.3) is 0 Å². The summed E-state index contributed by atoms with van der Waals surface area (Å²) < 4.78 is 11.9. The van der Waals surface area contributed by atoms with E-state index in [9.17, 15) is 14.4 Å². The number of hydrogen-bond acceptors (Lipinski definition) is 7. The monoisotopic (exact) mass is 480 g/mol. The van der Waals surface area contributed by atoms with Crippen LogP contribution in [0, 0.1) is 0 Å². The van der Waals surface area contributed by atoms with Gasteiger partial charge in [-0.15, -0.1) is 5.10 Å². The number of ether oxygens (including phenoxy) is 2. The normalized spacial score (nSPS) is 22.6. The third-order valence-electron chi connectivity index (χ3n) is 5.89. The highest BCUT2D eigenvalue weighted by atomic mass is 32.2. The van der Waals surface area contributed by atoms with Gasteiger partial charge in [0.05, 0.1) is 12.2 Å². The van der Waals surface area contributed by atoms with Crippen LogP contribution in [0.5, 0.6) is 11.5 Å². The highest BCUT2D eigenvalue weighted by Gasteiger charge is 2.61. The van der Waals surface area contributed by atoms with Crippen LogP contribution in [0.2, 0.25) is 0 Å². The average molecular weight is 481 g/mol. The summed E-state index contributed by atoms with van der Waals surface area (Å²) in [5, 5.41) is 8.53. The summed E-state index contributed by atoms with van der Waals surface area (Å²) in [7, 11) is 0. The lowest BCUT2D eigenvalue weighted by atomic mass is 10.1. The highest BCUT2D eigenvalue weighted by Crippen LogP contribution is 2.54. The lowest BCUT2D eigenvalue weighted by Gasteiger charge is -2.32. The van der Waals surface area contributed by atoms with Gasteiger partial charge in [-0.05, 0) is 30.0 Å². The number of fused-ring (bicyclic) bond motifs is 3. The molecule has 10 heteroatoms. The smallest absolute Gasteiger partial charge is 0.270 e. The zero-order valence-electron chi connectivity index (χ0n) is 18.8. The third-order valence-corrected chi connectivity index (χ3v) is 7.13. The van der Waals surface area contributed by atoms with Gasteiger partial charge in [-0.3, -0.25) is 14.4 Å². The molecule has 1 spiro atoms. The number of para-hydroxylation sites is 3. The van der Waals surface area contributed by atoms with Crippen LogP contribution in [-0.4, -0.2) is 47.2 Å². The number of rotatable bonds is 4. The van der Waals surface area contributed by atoms with Crippen LogP contribution in [0.4, 0.5) is 5.69 Å². The minimum absolute atomic E-state index is 0.159. The number of anilines is 1. The zero-order chi connectivity index (χ0) is 23.9. The van der Waals surface area contributed by atoms with E-state index in [1.807, 2.05) is 48.5 Å². The van der Waals surface area contributed by atoms with Crippen molar-refractivity contribution in [2.45, 2.75) is 37.7 Å². The fourth-order valence-electron chi connectivity index (χ4n) is 4.25. The maximum absolute atomic E-state index is 14.1. The molecular formula is C24H24N4O5S. The van der Waals surface area contributed by atoms with Crippen LogP contribution >= 0.6 is 11.8 Å². The molecule has 34 heavy (non-hydrogen) atoms. The van der Waals surface area contributed by atoms with E-state index < -0.39 is 11.0 Å². The SMILES string of the molecule is CCC(=O)NC1=NN(C(=O)CC)[C@@]2(S1)C(=O)N(C[C@@H]1COc3ccccc3O1)c1ccccc12. The molecule has 0 bridgehead atoms. The maximum atomic E-state index is 14.1. The number of amidine groups is 1. The summed E-state index contributed by atoms with van der Waals surface area (Å²) >= 11 is 1.08. The molecule has 3 aliphatic heterocycles. The second-order valence-electron chi connectivity index (χ2n) is 8.04. The summed E-state index contributed by atoms with van der Waals surface area (Å²) in [5.41, 5.74) is 1.32. The van der Waals surface area contributed by atoms with Gasteiger partial charge in [-0.25, -0.2) is 0 Å². The second-order valence-corrected chi connectivity index (χ2v) is 9.22. The summed E-state index contributed by atoms with van der Waals surface area (Å²) in [6.07, 6.45) is 0.0157. The van der Waals surface area contributed by atoms with E-state index in [1.54, 1.807) is 18.7 Å². The third kappa shape index (κ3) is 3.49. The molecule has 9 nitrogen and oxygen atoms in total. The lowest BCUT2D eigenvalue weighted by Crippen LogP contribution is -2.51. The Morgan fingerprint density at radius 3 is 2.62 bits per heavy atom. The van der Waals surface area contributed by atoms with Gasteiger partial charge < -0.3 is 19.7 Å². The lowest BCUT2D eigenvalue weighted by molar-refractivity contribution is -0.140. The molecule has 3 aliphatic rings. The molecule has 2 aromatic carbocycles. The Morgan fingerprint density at radius 2 is 1.85 bits per heavy atom. The first-order chi connectivity index (χ1) is 16.5. The molecule has 0 aromatic heterocycles. The summed E-state index contributed by atoms with van der Waals surface area (Å²) in [6, 6.07) is 14.7. The number of hydrazone groups is 1. The largest absolute Gasteiger partial charge is 0.486 e. The number of nitrogens with zero attached hydrogens (tertiary/aromatic N) is 3. The van der Waals surface area contributed by atoms with Crippen LogP contribution in [0.3, 0.4) is 0 Å². The van der Waals surface area contributed by atoms with Gasteiger partial charge in [-0.2, -0.15) is 5.01 Å². The van der Waals surface area contributed by atoms with Crippen molar-refractivity contribution < 1.29 is 23.9 Å². The fraction of sp³-hybridized carbons (Fsp3) is 0.333. The molecule has 5 rings (SSSR count). The number of nitrogens with one attached hydrogen (secondary N) is 1. The second kappa shape index (κ2) is 8.68. The first kappa shape index (κ1) is 22.3. The van der Waals surface area contributed by atoms with Crippen molar-refractivity contribution in [3.05, 3.63) is 54.1 Å². The van der Waals surface area contributed by atoms with Crippen LogP contribution < -0.4 is 19.7 Å². The zero-order valence-corrected chi connectivity index (χ0v) is 19.6. The van der Waals surface area contributed by atoms with Crippen molar-refractivity contribution in [1.29, 1.82) is 0 Å². The Balaban J connectivity index is 1.49. The Morgan fingerprint density at radius 1 is 1.12 bits per heavy atom. The van der Waals surface area contributed by atoms with Crippen molar-refractivity contribution in [2.75, 3.05) is 18.1 Å². The Bertz CT molecular complexity index is 1200. The highest BCUT2D eigenvalue weighted by molar-refractivity contribution is 8.15. The number of amides is 3. The van der Waals surface area contributed by atoms with Crippen molar-refractivity contribution in [3.8, 4) is 11.5 Å². The van der Waals surface area contributed by atoms with E-state index >= 15 is 0 Å². The predicted octanol–water partition coefficient (Wildman–Crippen LogP) is 2.81. The van der Waals surface area contributed by atoms with Crippen molar-refractivity contribution in [1.82, 2.24) is 10.3 Å². The predicted molar refractivity (Wildman–Crippen MR) is 127 cm³/mol. The van der Waals surface area contributed by atoms with Gasteiger partial charge in [0.2, 0.25) is 16.7 Å². The van der Waals surface area contributed by atoms with Gasteiger partial charge >= 0.3 is 0 Å². The fourth-order valence-corrected chi connectivity index (χ4v) is 5.52. The van der Waals surface area contributed by atoms with E-state index in [1.165, 1.54) is 5.01 Å². The van der Waals surface area contributed by atoms with Gasteiger partial charge in [0, 0.05) is 18.4 Å². The Labute approximate surface area is 201 Å². The molecule has 3 heterocycles. The molecular weight excluding hydrogens is 456 g/mol. The van der Waals surface area contributed by atoms with E-state index in [2.05, 4.69) is 10.4 Å². The number of carbonyl (C=O) groups excluding carboxylic acids is 3.